The van der Waals surface area contributed by atoms with Gasteiger partial charge in [-0.25, -0.2) is 14.4 Å². The molecule has 1 amide bonds. The van der Waals surface area contributed by atoms with Crippen molar-refractivity contribution in [1.82, 2.24) is 24.3 Å². The van der Waals surface area contributed by atoms with Crippen LogP contribution < -0.4 is 5.32 Å². The van der Waals surface area contributed by atoms with Gasteiger partial charge in [-0.1, -0.05) is 31.9 Å². The largest absolute Gasteiger partial charge is 0.310 e. The number of imidazole rings is 1. The van der Waals surface area contributed by atoms with Gasteiger partial charge in [-0.3, -0.25) is 18.8 Å². The summed E-state index contributed by atoms with van der Waals surface area (Å²) in [5.41, 5.74) is 2.40. The predicted octanol–water partition coefficient (Wildman–Crippen LogP) is 6.22. The van der Waals surface area contributed by atoms with Crippen LogP contribution in [0.25, 0.3) is 22.0 Å². The number of hydrogen-bond acceptors (Lipinski definition) is 5. The summed E-state index contributed by atoms with van der Waals surface area (Å²) in [6.07, 6.45) is 9.74. The molecule has 0 radical (unpaired) electrons. The first kappa shape index (κ1) is 26.0. The number of anilines is 1. The summed E-state index contributed by atoms with van der Waals surface area (Å²) in [4.78, 5) is 33.9. The van der Waals surface area contributed by atoms with Gasteiger partial charge in [0.25, 0.3) is 0 Å². The minimum Gasteiger partial charge on any atom is -0.310 e. The van der Waals surface area contributed by atoms with Crippen LogP contribution in [0.3, 0.4) is 0 Å². The van der Waals surface area contributed by atoms with Crippen molar-refractivity contribution >= 4 is 40.1 Å². The van der Waals surface area contributed by atoms with Crippen LogP contribution in [-0.2, 0) is 11.8 Å². The molecule has 198 valence electrons. The highest BCUT2D eigenvalue weighted by atomic mass is 35.5. The maximum Gasteiger partial charge on any atom is 0.232 e. The third-order valence-corrected chi connectivity index (χ3v) is 7.61. The smallest absolute Gasteiger partial charge is 0.232 e. The molecule has 2 atom stereocenters. The number of carbonyl (C=O) groups is 2. The van der Waals surface area contributed by atoms with E-state index in [0.29, 0.717) is 40.3 Å². The number of aryl methyl sites for hydroxylation is 1. The average molecular weight is 537 g/mol. The molecule has 4 aromatic rings. The van der Waals surface area contributed by atoms with E-state index in [-0.39, 0.29) is 29.6 Å². The van der Waals surface area contributed by atoms with Crippen LogP contribution in [0, 0.1) is 17.7 Å². The van der Waals surface area contributed by atoms with E-state index in [1.807, 2.05) is 27.0 Å². The zero-order chi connectivity index (χ0) is 27.0. The number of nitrogens with zero attached hydrogens (tertiary/aromatic N) is 5. The van der Waals surface area contributed by atoms with Gasteiger partial charge in [0.2, 0.25) is 11.8 Å². The summed E-state index contributed by atoms with van der Waals surface area (Å²) in [5.74, 6) is -0.177. The Hall–Kier alpha value is -3.59. The first-order chi connectivity index (χ1) is 18.2. The average Bonchev–Trinajstić information content (AvgIpc) is 3.53. The van der Waals surface area contributed by atoms with Gasteiger partial charge in [0.15, 0.2) is 5.82 Å². The highest BCUT2D eigenvalue weighted by Crippen LogP contribution is 2.36. The molecule has 1 aliphatic carbocycles. The minimum atomic E-state index is -0.433. The Bertz CT molecular complexity index is 1500. The molecule has 1 saturated carbocycles. The third kappa shape index (κ3) is 5.20. The molecule has 1 N–H and O–H groups in total. The minimum absolute atomic E-state index is 0.0176. The fourth-order valence-electron chi connectivity index (χ4n) is 5.54. The Morgan fingerprint density at radius 2 is 2.05 bits per heavy atom. The third-order valence-electron chi connectivity index (χ3n) is 7.31. The molecule has 0 bridgehead atoms. The van der Waals surface area contributed by atoms with E-state index in [1.54, 1.807) is 23.1 Å². The number of rotatable bonds is 6. The van der Waals surface area contributed by atoms with E-state index in [2.05, 4.69) is 20.4 Å². The summed E-state index contributed by atoms with van der Waals surface area (Å²) in [7, 11) is 1.81. The van der Waals surface area contributed by atoms with E-state index >= 15 is 4.39 Å². The first-order valence-corrected chi connectivity index (χ1v) is 13.2. The fourth-order valence-corrected chi connectivity index (χ4v) is 5.76. The molecular formula is C28H30ClFN6O2. The molecule has 8 nitrogen and oxygen atoms in total. The standard InChI is InChI=1S/C28H30ClFN6O2/c1-16(2)27-21-11-19(12-23(30)26(21)34-35(27)3)20-13-24(32-14-22(20)29)33-28(38)18-6-4-5-17(9-18)10-25(37)36-8-7-31-15-36/h7-8,11-18H,4-6,9-10H2,1-3H3,(H,32,33,38)/t17-,18+/m1/s1. The molecule has 1 aromatic carbocycles. The first-order valence-electron chi connectivity index (χ1n) is 12.8. The summed E-state index contributed by atoms with van der Waals surface area (Å²) in [6, 6.07) is 4.97. The molecular weight excluding hydrogens is 507 g/mol. The molecule has 1 fully saturated rings. The number of benzene rings is 1. The quantitative estimate of drug-likeness (QED) is 0.315. The van der Waals surface area contributed by atoms with Crippen molar-refractivity contribution in [3.8, 4) is 11.1 Å². The second-order valence-electron chi connectivity index (χ2n) is 10.4. The molecule has 3 aromatic heterocycles. The van der Waals surface area contributed by atoms with Gasteiger partial charge in [0, 0.05) is 54.6 Å². The van der Waals surface area contributed by atoms with Crippen LogP contribution in [0.2, 0.25) is 5.02 Å². The maximum absolute atomic E-state index is 15.1. The molecule has 0 aliphatic heterocycles. The monoisotopic (exact) mass is 536 g/mol. The number of halogens is 2. The number of fused-ring (bicyclic) bond motifs is 1. The van der Waals surface area contributed by atoms with E-state index in [1.165, 1.54) is 23.2 Å². The lowest BCUT2D eigenvalue weighted by atomic mass is 9.79. The Morgan fingerprint density at radius 1 is 1.24 bits per heavy atom. The van der Waals surface area contributed by atoms with Crippen molar-refractivity contribution < 1.29 is 14.0 Å². The maximum atomic E-state index is 15.1. The number of amides is 1. The number of aromatic nitrogens is 5. The van der Waals surface area contributed by atoms with Gasteiger partial charge in [-0.05, 0) is 54.9 Å². The van der Waals surface area contributed by atoms with Crippen molar-refractivity contribution in [1.29, 1.82) is 0 Å². The zero-order valence-corrected chi connectivity index (χ0v) is 22.4. The van der Waals surface area contributed by atoms with Gasteiger partial charge in [0.1, 0.15) is 17.7 Å². The second-order valence-corrected chi connectivity index (χ2v) is 10.8. The van der Waals surface area contributed by atoms with Gasteiger partial charge >= 0.3 is 0 Å². The topological polar surface area (TPSA) is 94.7 Å². The Balaban J connectivity index is 1.34. The van der Waals surface area contributed by atoms with Crippen LogP contribution in [-0.4, -0.2) is 36.1 Å². The summed E-state index contributed by atoms with van der Waals surface area (Å²) < 4.78 is 18.3. The normalized spacial score (nSPS) is 17.7. The van der Waals surface area contributed by atoms with Crippen molar-refractivity contribution in [2.24, 2.45) is 18.9 Å². The molecule has 38 heavy (non-hydrogen) atoms. The predicted molar refractivity (Wildman–Crippen MR) is 145 cm³/mol. The lowest BCUT2D eigenvalue weighted by Crippen LogP contribution is -2.29. The van der Waals surface area contributed by atoms with Crippen molar-refractivity contribution in [3.63, 3.8) is 0 Å². The Labute approximate surface area is 225 Å². The Morgan fingerprint density at radius 3 is 2.79 bits per heavy atom. The molecule has 0 saturated heterocycles. The fraction of sp³-hybridized carbons (Fsp3) is 0.393. The SMILES string of the molecule is CC(C)c1c2cc(-c3cc(NC(=O)[C@H]4CCC[C@@H](CC(=O)n5ccnc5)C4)ncc3Cl)cc(F)c2nn1C. The summed E-state index contributed by atoms with van der Waals surface area (Å²) >= 11 is 6.48. The number of pyridine rings is 1. The van der Waals surface area contributed by atoms with Crippen LogP contribution in [0.15, 0.2) is 43.1 Å². The molecule has 3 heterocycles. The van der Waals surface area contributed by atoms with Gasteiger partial charge in [-0.15, -0.1) is 0 Å². The number of carbonyl (C=O) groups excluding carboxylic acids is 2. The van der Waals surface area contributed by atoms with E-state index in [4.69, 9.17) is 11.6 Å². The number of nitrogens with one attached hydrogen (secondary N) is 1. The van der Waals surface area contributed by atoms with Crippen molar-refractivity contribution in [2.75, 3.05) is 5.32 Å². The summed E-state index contributed by atoms with van der Waals surface area (Å²) in [6.45, 7) is 4.08. The van der Waals surface area contributed by atoms with E-state index in [0.717, 1.165) is 30.3 Å². The molecule has 5 rings (SSSR count). The number of hydrogen-bond donors (Lipinski definition) is 1. The van der Waals surface area contributed by atoms with Crippen LogP contribution in [0.1, 0.15) is 62.4 Å². The van der Waals surface area contributed by atoms with Crippen LogP contribution in [0.4, 0.5) is 10.2 Å². The van der Waals surface area contributed by atoms with Crippen molar-refractivity contribution in [3.05, 3.63) is 59.7 Å². The highest BCUT2D eigenvalue weighted by Gasteiger charge is 2.29. The summed E-state index contributed by atoms with van der Waals surface area (Å²) in [5, 5.41) is 8.35. The molecule has 0 spiro atoms. The zero-order valence-electron chi connectivity index (χ0n) is 21.6. The van der Waals surface area contributed by atoms with Crippen molar-refractivity contribution in [2.45, 2.75) is 51.9 Å². The van der Waals surface area contributed by atoms with Gasteiger partial charge < -0.3 is 5.32 Å². The molecule has 1 aliphatic rings. The van der Waals surface area contributed by atoms with Crippen LogP contribution in [0.5, 0.6) is 0 Å². The lowest BCUT2D eigenvalue weighted by Gasteiger charge is -2.28. The van der Waals surface area contributed by atoms with E-state index < -0.39 is 5.82 Å². The second kappa shape index (κ2) is 10.6. The van der Waals surface area contributed by atoms with E-state index in [9.17, 15) is 9.59 Å². The van der Waals surface area contributed by atoms with Gasteiger partial charge in [0.05, 0.1) is 5.02 Å². The Kier molecular flexibility index (Phi) is 7.29. The molecule has 10 heteroatoms. The van der Waals surface area contributed by atoms with Crippen LogP contribution >= 0.6 is 11.6 Å². The lowest BCUT2D eigenvalue weighted by molar-refractivity contribution is -0.121. The van der Waals surface area contributed by atoms with Gasteiger partial charge in [-0.2, -0.15) is 5.10 Å². The highest BCUT2D eigenvalue weighted by molar-refractivity contribution is 6.33. The molecule has 0 unspecified atom stereocenters.